The smallest absolute Gasteiger partial charge is 0.248 e. The Morgan fingerprint density at radius 2 is 1.68 bits per heavy atom. The molecule has 0 N–H and O–H groups in total. The van der Waals surface area contributed by atoms with Gasteiger partial charge in [-0.3, -0.25) is 0 Å². The fraction of sp³-hybridized carbons (Fsp3) is 0.286. The highest BCUT2D eigenvalue weighted by Crippen LogP contribution is 2.40. The van der Waals surface area contributed by atoms with Crippen molar-refractivity contribution in [3.63, 3.8) is 0 Å². The van der Waals surface area contributed by atoms with Gasteiger partial charge in [-0.25, -0.2) is 23.4 Å². The molecule has 11 heteroatoms. The molecule has 0 atom stereocenters. The highest BCUT2D eigenvalue weighted by atomic mass is 32.2. The molecular formula is C14H11F5N3O2S. The van der Waals surface area contributed by atoms with Crippen LogP contribution in [0.25, 0.3) is 11.5 Å². The molecule has 0 spiro atoms. The first-order valence-electron chi connectivity index (χ1n) is 6.79. The van der Waals surface area contributed by atoms with Crippen molar-refractivity contribution in [2.24, 2.45) is 0 Å². The number of halogens is 5. The average molecular weight is 380 g/mol. The van der Waals surface area contributed by atoms with Gasteiger partial charge in [0.2, 0.25) is 0 Å². The van der Waals surface area contributed by atoms with Crippen molar-refractivity contribution in [2.45, 2.75) is 23.9 Å². The Bertz CT molecular complexity index is 855. The van der Waals surface area contributed by atoms with Gasteiger partial charge in [0.15, 0.2) is 15.7 Å². The number of rotatable bonds is 5. The normalized spacial score (nSPS) is 13.0. The molecule has 135 valence electrons. The van der Waals surface area contributed by atoms with Crippen LogP contribution in [0.15, 0.2) is 35.5 Å². The van der Waals surface area contributed by atoms with E-state index < -0.39 is 44.7 Å². The number of hydrogen-bond acceptors (Lipinski definition) is 5. The summed E-state index contributed by atoms with van der Waals surface area (Å²) in [6, 6.07) is 3.51. The molecule has 0 saturated carbocycles. The van der Waals surface area contributed by atoms with Gasteiger partial charge in [0.25, 0.3) is 0 Å². The third kappa shape index (κ3) is 4.09. The standard InChI is InChI=1S/C14H11F5N3O2S/c1-2-25(23,24)11-5-4-9(12-20-6-3-7-21-12)22-10(11)8-13(15,16)14(17,18)19/h3-8H,2H2,1H3. The fourth-order valence-corrected chi connectivity index (χ4v) is 2.80. The largest absolute Gasteiger partial charge is 0.454 e. The van der Waals surface area contributed by atoms with Crippen LogP contribution in [0.4, 0.5) is 22.0 Å². The minimum atomic E-state index is -5.89. The Kier molecular flexibility index (Phi) is 5.07. The molecule has 2 aromatic rings. The first kappa shape index (κ1) is 19.2. The molecule has 0 aliphatic heterocycles. The number of aromatic nitrogens is 3. The van der Waals surface area contributed by atoms with Crippen LogP contribution in [-0.2, 0) is 9.84 Å². The SMILES string of the molecule is CCS(=O)(=O)c1ccc(-c2ncccn2)nc1[CH]C(F)(F)C(F)(F)F. The van der Waals surface area contributed by atoms with E-state index in [2.05, 4.69) is 15.0 Å². The molecule has 2 rings (SSSR count). The summed E-state index contributed by atoms with van der Waals surface area (Å²) in [5.74, 6) is -5.80. The molecule has 25 heavy (non-hydrogen) atoms. The fourth-order valence-electron chi connectivity index (χ4n) is 1.79. The maximum Gasteiger partial charge on any atom is 0.454 e. The van der Waals surface area contributed by atoms with E-state index in [0.29, 0.717) is 0 Å². The third-order valence-corrected chi connectivity index (χ3v) is 4.87. The van der Waals surface area contributed by atoms with Gasteiger partial charge in [0, 0.05) is 12.4 Å². The van der Waals surface area contributed by atoms with Gasteiger partial charge in [0.05, 0.1) is 22.8 Å². The van der Waals surface area contributed by atoms with Crippen LogP contribution in [0.3, 0.4) is 0 Å². The molecule has 5 nitrogen and oxygen atoms in total. The van der Waals surface area contributed by atoms with Crippen LogP contribution in [0, 0.1) is 6.42 Å². The number of pyridine rings is 1. The summed E-state index contributed by atoms with van der Waals surface area (Å²) in [7, 11) is -4.08. The van der Waals surface area contributed by atoms with Crippen molar-refractivity contribution >= 4 is 9.84 Å². The van der Waals surface area contributed by atoms with Crippen molar-refractivity contribution < 1.29 is 30.4 Å². The van der Waals surface area contributed by atoms with E-state index in [0.717, 1.165) is 12.1 Å². The summed E-state index contributed by atoms with van der Waals surface area (Å²) < 4.78 is 88.1. The Labute approximate surface area is 139 Å². The Balaban J connectivity index is 2.60. The summed E-state index contributed by atoms with van der Waals surface area (Å²) in [6.45, 7) is 1.23. The molecule has 0 amide bonds. The van der Waals surface area contributed by atoms with Crippen LogP contribution in [0.5, 0.6) is 0 Å². The second kappa shape index (κ2) is 6.62. The molecule has 0 aliphatic carbocycles. The van der Waals surface area contributed by atoms with E-state index in [-0.39, 0.29) is 11.5 Å². The second-order valence-electron chi connectivity index (χ2n) is 4.82. The molecule has 0 unspecified atom stereocenters. The van der Waals surface area contributed by atoms with Crippen molar-refractivity contribution in [1.82, 2.24) is 15.0 Å². The van der Waals surface area contributed by atoms with Crippen molar-refractivity contribution in [3.05, 3.63) is 42.7 Å². The predicted molar refractivity (Wildman–Crippen MR) is 77.4 cm³/mol. The summed E-state index contributed by atoms with van der Waals surface area (Å²) in [5.41, 5.74) is -1.14. The van der Waals surface area contributed by atoms with E-state index in [1.165, 1.54) is 25.4 Å². The first-order chi connectivity index (χ1) is 11.5. The molecule has 2 aromatic heterocycles. The number of sulfone groups is 1. The number of nitrogens with zero attached hydrogens (tertiary/aromatic N) is 3. The molecule has 0 bridgehead atoms. The average Bonchev–Trinajstić information content (AvgIpc) is 2.54. The molecule has 0 fully saturated rings. The molecule has 0 aromatic carbocycles. The zero-order chi connectivity index (χ0) is 18.9. The second-order valence-corrected chi connectivity index (χ2v) is 7.07. The van der Waals surface area contributed by atoms with E-state index in [1.807, 2.05) is 0 Å². The van der Waals surface area contributed by atoms with Crippen LogP contribution in [0.1, 0.15) is 12.6 Å². The summed E-state index contributed by atoms with van der Waals surface area (Å²) >= 11 is 0. The van der Waals surface area contributed by atoms with Crippen LogP contribution in [-0.4, -0.2) is 41.2 Å². The molecule has 1 radical (unpaired) electrons. The quantitative estimate of drug-likeness (QED) is 0.746. The van der Waals surface area contributed by atoms with Crippen molar-refractivity contribution in [2.75, 3.05) is 5.75 Å². The van der Waals surface area contributed by atoms with Gasteiger partial charge in [0.1, 0.15) is 5.69 Å². The van der Waals surface area contributed by atoms with E-state index in [1.54, 1.807) is 0 Å². The third-order valence-electron chi connectivity index (χ3n) is 3.09. The minimum Gasteiger partial charge on any atom is -0.248 e. The molecule has 0 aliphatic rings. The molecule has 2 heterocycles. The van der Waals surface area contributed by atoms with Gasteiger partial charge >= 0.3 is 12.1 Å². The minimum absolute atomic E-state index is 0.0482. The predicted octanol–water partition coefficient (Wildman–Crippen LogP) is 3.08. The maximum absolute atomic E-state index is 13.4. The van der Waals surface area contributed by atoms with E-state index in [4.69, 9.17) is 0 Å². The number of hydrogen-bond donors (Lipinski definition) is 0. The highest BCUT2D eigenvalue weighted by molar-refractivity contribution is 7.91. The lowest BCUT2D eigenvalue weighted by atomic mass is 10.1. The topological polar surface area (TPSA) is 72.8 Å². The highest BCUT2D eigenvalue weighted by Gasteiger charge is 2.58. The summed E-state index contributed by atoms with van der Waals surface area (Å²) in [6.07, 6.45) is -3.77. The van der Waals surface area contributed by atoms with Crippen LogP contribution in [0.2, 0.25) is 0 Å². The van der Waals surface area contributed by atoms with Crippen molar-refractivity contribution in [3.8, 4) is 11.5 Å². The summed E-state index contributed by atoms with van der Waals surface area (Å²) in [5, 5.41) is 0. The lowest BCUT2D eigenvalue weighted by molar-refractivity contribution is -0.265. The van der Waals surface area contributed by atoms with E-state index in [9.17, 15) is 30.4 Å². The van der Waals surface area contributed by atoms with Gasteiger partial charge in [-0.2, -0.15) is 22.0 Å². The maximum atomic E-state index is 13.4. The lowest BCUT2D eigenvalue weighted by Gasteiger charge is -2.20. The van der Waals surface area contributed by atoms with Gasteiger partial charge in [-0.1, -0.05) is 6.92 Å². The lowest BCUT2D eigenvalue weighted by Crippen LogP contribution is -2.37. The molecular weight excluding hydrogens is 369 g/mol. The van der Waals surface area contributed by atoms with E-state index >= 15 is 0 Å². The zero-order valence-electron chi connectivity index (χ0n) is 12.6. The van der Waals surface area contributed by atoms with Gasteiger partial charge in [-0.05, 0) is 18.2 Å². The van der Waals surface area contributed by atoms with Crippen LogP contribution < -0.4 is 0 Å². The van der Waals surface area contributed by atoms with Gasteiger partial charge < -0.3 is 0 Å². The summed E-state index contributed by atoms with van der Waals surface area (Å²) in [4.78, 5) is 10.5. The Hall–Kier alpha value is -2.17. The van der Waals surface area contributed by atoms with Crippen molar-refractivity contribution in [1.29, 1.82) is 0 Å². The van der Waals surface area contributed by atoms with Gasteiger partial charge in [-0.15, -0.1) is 0 Å². The Morgan fingerprint density at radius 3 is 2.20 bits per heavy atom. The Morgan fingerprint density at radius 1 is 1.08 bits per heavy atom. The first-order valence-corrected chi connectivity index (χ1v) is 8.45. The van der Waals surface area contributed by atoms with Crippen LogP contribution >= 0.6 is 0 Å². The molecule has 0 saturated heterocycles. The zero-order valence-corrected chi connectivity index (χ0v) is 13.4. The number of alkyl halides is 5. The monoisotopic (exact) mass is 380 g/mol.